The summed E-state index contributed by atoms with van der Waals surface area (Å²) < 4.78 is 0. The van der Waals surface area contributed by atoms with Crippen LogP contribution in [-0.4, -0.2) is 5.11 Å². The molecule has 0 amide bonds. The minimum absolute atomic E-state index is 0.692. The van der Waals surface area contributed by atoms with E-state index < -0.39 is 5.60 Å². The molecule has 0 saturated carbocycles. The molecular weight excluding hydrogens is 244 g/mol. The van der Waals surface area contributed by atoms with E-state index in [1.165, 1.54) is 5.56 Å². The molecule has 1 nitrogen and oxygen atoms in total. The molecule has 0 heterocycles. The summed E-state index contributed by atoms with van der Waals surface area (Å²) in [6.07, 6.45) is 1.55. The second kappa shape index (κ2) is 5.55. The number of halogens is 1. The topological polar surface area (TPSA) is 20.2 Å². The van der Waals surface area contributed by atoms with Crippen LogP contribution in [0.5, 0.6) is 0 Å². The van der Waals surface area contributed by atoms with E-state index >= 15 is 0 Å². The van der Waals surface area contributed by atoms with Crippen molar-refractivity contribution in [3.8, 4) is 0 Å². The van der Waals surface area contributed by atoms with Gasteiger partial charge in [0.2, 0.25) is 0 Å². The molecule has 0 aliphatic carbocycles. The van der Waals surface area contributed by atoms with Gasteiger partial charge in [0.15, 0.2) is 0 Å². The van der Waals surface area contributed by atoms with Gasteiger partial charge in [0.25, 0.3) is 0 Å². The molecule has 2 aromatic carbocycles. The molecule has 1 N–H and O–H groups in total. The van der Waals surface area contributed by atoms with E-state index in [9.17, 15) is 5.11 Å². The zero-order valence-corrected chi connectivity index (χ0v) is 11.2. The van der Waals surface area contributed by atoms with Gasteiger partial charge in [-0.15, -0.1) is 0 Å². The molecule has 0 aliphatic rings. The lowest BCUT2D eigenvalue weighted by molar-refractivity contribution is 0.0480. The fourth-order valence-electron chi connectivity index (χ4n) is 1.99. The highest BCUT2D eigenvalue weighted by Gasteiger charge is 2.22. The number of hydrogen-bond acceptors (Lipinski definition) is 1. The molecule has 18 heavy (non-hydrogen) atoms. The molecule has 0 radical (unpaired) electrons. The molecule has 94 valence electrons. The molecule has 2 aromatic rings. The number of rotatable bonds is 4. The minimum Gasteiger partial charge on any atom is -0.385 e. The van der Waals surface area contributed by atoms with E-state index in [0.29, 0.717) is 11.4 Å². The van der Waals surface area contributed by atoms with Gasteiger partial charge in [0.05, 0.1) is 5.60 Å². The summed E-state index contributed by atoms with van der Waals surface area (Å²) in [5.41, 5.74) is 1.33. The third-order valence-electron chi connectivity index (χ3n) is 3.21. The van der Waals surface area contributed by atoms with Crippen molar-refractivity contribution >= 4 is 11.6 Å². The fraction of sp³-hybridized carbons (Fsp3) is 0.250. The molecule has 2 rings (SSSR count). The first-order chi connectivity index (χ1) is 8.58. The number of aliphatic hydroxyl groups is 1. The van der Waals surface area contributed by atoms with E-state index in [1.807, 2.05) is 49.4 Å². The van der Waals surface area contributed by atoms with Crippen LogP contribution in [-0.2, 0) is 12.0 Å². The van der Waals surface area contributed by atoms with Crippen molar-refractivity contribution in [3.63, 3.8) is 0 Å². The van der Waals surface area contributed by atoms with Crippen molar-refractivity contribution in [3.05, 3.63) is 70.7 Å². The van der Waals surface area contributed by atoms with E-state index in [0.717, 1.165) is 12.0 Å². The smallest absolute Gasteiger partial charge is 0.0871 e. The van der Waals surface area contributed by atoms with Crippen molar-refractivity contribution in [1.29, 1.82) is 0 Å². The molecule has 2 heteroatoms. The summed E-state index contributed by atoms with van der Waals surface area (Å²) in [4.78, 5) is 0. The number of hydrogen-bond donors (Lipinski definition) is 1. The average molecular weight is 261 g/mol. The van der Waals surface area contributed by atoms with Crippen LogP contribution in [0.15, 0.2) is 54.6 Å². The quantitative estimate of drug-likeness (QED) is 0.874. The first kappa shape index (κ1) is 13.1. The summed E-state index contributed by atoms with van der Waals surface area (Å²) >= 11 is 5.85. The molecule has 1 atom stereocenters. The van der Waals surface area contributed by atoms with Crippen molar-refractivity contribution in [2.24, 2.45) is 0 Å². The van der Waals surface area contributed by atoms with Crippen LogP contribution in [0.3, 0.4) is 0 Å². The fourth-order valence-corrected chi connectivity index (χ4v) is 2.11. The van der Waals surface area contributed by atoms with Gasteiger partial charge >= 0.3 is 0 Å². The van der Waals surface area contributed by atoms with Crippen LogP contribution in [0.25, 0.3) is 0 Å². The average Bonchev–Trinajstić information content (AvgIpc) is 2.38. The van der Waals surface area contributed by atoms with Crippen LogP contribution in [0.1, 0.15) is 24.5 Å². The Bertz CT molecular complexity index is 488. The van der Waals surface area contributed by atoms with E-state index in [2.05, 4.69) is 12.1 Å². The third-order valence-corrected chi connectivity index (χ3v) is 3.46. The van der Waals surface area contributed by atoms with Gasteiger partial charge in [0.1, 0.15) is 0 Å². The lowest BCUT2D eigenvalue weighted by atomic mass is 9.89. The van der Waals surface area contributed by atoms with Gasteiger partial charge < -0.3 is 5.11 Å². The van der Waals surface area contributed by atoms with Gasteiger partial charge in [-0.2, -0.15) is 0 Å². The zero-order chi connectivity index (χ0) is 13.0. The normalized spacial score (nSPS) is 14.2. The van der Waals surface area contributed by atoms with Crippen LogP contribution in [0.2, 0.25) is 5.02 Å². The number of aryl methyl sites for hydroxylation is 1. The van der Waals surface area contributed by atoms with E-state index in [4.69, 9.17) is 11.6 Å². The number of benzene rings is 2. The molecule has 1 unspecified atom stereocenters. The second-order valence-corrected chi connectivity index (χ2v) is 5.20. The van der Waals surface area contributed by atoms with Crippen LogP contribution < -0.4 is 0 Å². The van der Waals surface area contributed by atoms with Crippen molar-refractivity contribution in [1.82, 2.24) is 0 Å². The largest absolute Gasteiger partial charge is 0.385 e. The molecule has 0 spiro atoms. The highest BCUT2D eigenvalue weighted by molar-refractivity contribution is 6.30. The standard InChI is InChI=1S/C16H17ClO/c1-16(18,14-7-9-15(17)10-8-14)12-11-13-5-3-2-4-6-13/h2-10,18H,11-12H2,1H3. The Balaban J connectivity index is 2.05. The van der Waals surface area contributed by atoms with E-state index in [-0.39, 0.29) is 0 Å². The van der Waals surface area contributed by atoms with Crippen LogP contribution >= 0.6 is 11.6 Å². The Morgan fingerprint density at radius 2 is 1.61 bits per heavy atom. The molecule has 0 bridgehead atoms. The van der Waals surface area contributed by atoms with Crippen LogP contribution in [0, 0.1) is 0 Å². The van der Waals surface area contributed by atoms with Crippen molar-refractivity contribution in [2.45, 2.75) is 25.4 Å². The maximum absolute atomic E-state index is 10.5. The molecule has 0 aliphatic heterocycles. The molecular formula is C16H17ClO. The van der Waals surface area contributed by atoms with Gasteiger partial charge in [-0.1, -0.05) is 54.1 Å². The maximum atomic E-state index is 10.5. The Kier molecular flexibility index (Phi) is 4.05. The first-order valence-corrected chi connectivity index (χ1v) is 6.48. The predicted octanol–water partition coefficient (Wildman–Crippen LogP) is 4.18. The van der Waals surface area contributed by atoms with Gasteiger partial charge in [0, 0.05) is 5.02 Å². The van der Waals surface area contributed by atoms with E-state index in [1.54, 1.807) is 0 Å². The van der Waals surface area contributed by atoms with Crippen molar-refractivity contribution in [2.75, 3.05) is 0 Å². The highest BCUT2D eigenvalue weighted by atomic mass is 35.5. The lowest BCUT2D eigenvalue weighted by Crippen LogP contribution is -2.21. The van der Waals surface area contributed by atoms with Gasteiger partial charge in [-0.05, 0) is 43.0 Å². The van der Waals surface area contributed by atoms with Crippen LogP contribution in [0.4, 0.5) is 0 Å². The molecule has 0 fully saturated rings. The summed E-state index contributed by atoms with van der Waals surface area (Å²) in [5.74, 6) is 0. The van der Waals surface area contributed by atoms with Gasteiger partial charge in [-0.25, -0.2) is 0 Å². The summed E-state index contributed by atoms with van der Waals surface area (Å²) in [6, 6.07) is 17.6. The van der Waals surface area contributed by atoms with Crippen molar-refractivity contribution < 1.29 is 5.11 Å². The second-order valence-electron chi connectivity index (χ2n) is 4.77. The Morgan fingerprint density at radius 3 is 2.22 bits per heavy atom. The minimum atomic E-state index is -0.819. The Labute approximate surface area is 113 Å². The Hall–Kier alpha value is -1.31. The Morgan fingerprint density at radius 1 is 1.00 bits per heavy atom. The predicted molar refractivity (Wildman–Crippen MR) is 75.8 cm³/mol. The molecule has 0 aromatic heterocycles. The summed E-state index contributed by atoms with van der Waals surface area (Å²) in [6.45, 7) is 1.85. The zero-order valence-electron chi connectivity index (χ0n) is 10.4. The molecule has 0 saturated heterocycles. The maximum Gasteiger partial charge on any atom is 0.0871 e. The highest BCUT2D eigenvalue weighted by Crippen LogP contribution is 2.27. The summed E-state index contributed by atoms with van der Waals surface area (Å²) in [7, 11) is 0. The lowest BCUT2D eigenvalue weighted by Gasteiger charge is -2.24. The SMILES string of the molecule is CC(O)(CCc1ccccc1)c1ccc(Cl)cc1. The monoisotopic (exact) mass is 260 g/mol. The van der Waals surface area contributed by atoms with Gasteiger partial charge in [-0.3, -0.25) is 0 Å². The summed E-state index contributed by atoms with van der Waals surface area (Å²) in [5, 5.41) is 11.2. The first-order valence-electron chi connectivity index (χ1n) is 6.10. The third kappa shape index (κ3) is 3.34.